The summed E-state index contributed by atoms with van der Waals surface area (Å²) < 4.78 is 0. The number of rotatable bonds is 0. The fraction of sp³-hybridized carbons (Fsp3) is 0. The van der Waals surface area contributed by atoms with Crippen LogP contribution in [0.2, 0.25) is 0 Å². The van der Waals surface area contributed by atoms with Crippen molar-refractivity contribution in [2.24, 2.45) is 16.6 Å². The van der Waals surface area contributed by atoms with Crippen LogP contribution >= 0.6 is 11.9 Å². The zero-order valence-electron chi connectivity index (χ0n) is 4.09. The smallest absolute Gasteiger partial charge is 0.168 e. The van der Waals surface area contributed by atoms with Gasteiger partial charge in [0.1, 0.15) is 0 Å². The van der Waals surface area contributed by atoms with E-state index in [1.54, 1.807) is 5.41 Å². The highest BCUT2D eigenvalue weighted by atomic mass is 32.2. The van der Waals surface area contributed by atoms with E-state index in [0.717, 1.165) is 0 Å². The predicted octanol–water partition coefficient (Wildman–Crippen LogP) is -0.690. The quantitative estimate of drug-likeness (QED) is 0.379. The molecule has 1 aliphatic heterocycles. The molecular weight excluding hydrogens is 124 g/mol. The Morgan fingerprint density at radius 1 is 1.62 bits per heavy atom. The van der Waals surface area contributed by atoms with E-state index < -0.39 is 0 Å². The maximum atomic E-state index is 5.32. The summed E-state index contributed by atoms with van der Waals surface area (Å²) in [7, 11) is 0. The lowest BCUT2D eigenvalue weighted by molar-refractivity contribution is 1.09. The van der Waals surface area contributed by atoms with Gasteiger partial charge in [-0.15, -0.1) is 5.10 Å². The van der Waals surface area contributed by atoms with E-state index in [0.29, 0.717) is 11.5 Å². The largest absolute Gasteiger partial charge is 0.395 e. The van der Waals surface area contributed by atoms with Crippen LogP contribution in [0.15, 0.2) is 16.2 Å². The van der Waals surface area contributed by atoms with Crippen molar-refractivity contribution < 1.29 is 0 Å². The molecule has 0 radical (unpaired) electrons. The molecule has 0 aromatic carbocycles. The Balaban J connectivity index is 2.73. The molecule has 0 aromatic rings. The van der Waals surface area contributed by atoms with E-state index in [1.807, 2.05) is 0 Å². The maximum Gasteiger partial charge on any atom is 0.168 e. The molecule has 0 atom stereocenters. The van der Waals surface area contributed by atoms with Crippen molar-refractivity contribution in [1.82, 2.24) is 4.83 Å². The summed E-state index contributed by atoms with van der Waals surface area (Å²) in [6.45, 7) is 0. The van der Waals surface area contributed by atoms with E-state index in [9.17, 15) is 0 Å². The van der Waals surface area contributed by atoms with Crippen LogP contribution in [0.5, 0.6) is 0 Å². The van der Waals surface area contributed by atoms with Gasteiger partial charge in [0.05, 0.1) is 5.70 Å². The molecule has 0 amide bonds. The van der Waals surface area contributed by atoms with Gasteiger partial charge in [-0.1, -0.05) is 0 Å². The Morgan fingerprint density at radius 3 is 2.75 bits per heavy atom. The lowest BCUT2D eigenvalue weighted by Crippen LogP contribution is -2.25. The van der Waals surface area contributed by atoms with Crippen molar-refractivity contribution in [2.45, 2.75) is 0 Å². The molecule has 0 unspecified atom stereocenters. The summed E-state index contributed by atoms with van der Waals surface area (Å²) in [5.74, 6) is 0.351. The van der Waals surface area contributed by atoms with E-state index in [-0.39, 0.29) is 0 Å². The average Bonchev–Trinajstić information content (AvgIpc) is 1.77. The number of amidine groups is 1. The van der Waals surface area contributed by atoms with E-state index in [1.165, 1.54) is 11.9 Å². The second-order valence-corrected chi connectivity index (χ2v) is 1.93. The van der Waals surface area contributed by atoms with Gasteiger partial charge in [-0.2, -0.15) is 0 Å². The summed E-state index contributed by atoms with van der Waals surface area (Å²) in [5.41, 5.74) is 11.1. The first kappa shape index (κ1) is 5.30. The summed E-state index contributed by atoms with van der Waals surface area (Å²) in [4.78, 5) is 2.59. The zero-order chi connectivity index (χ0) is 5.98. The molecule has 0 bridgehead atoms. The number of hydrogen-bond donors (Lipinski definition) is 3. The Bertz CT molecular complexity index is 131. The molecule has 0 aliphatic carbocycles. The van der Waals surface area contributed by atoms with Gasteiger partial charge in [-0.05, 0) is 11.9 Å². The monoisotopic (exact) mass is 130 g/mol. The van der Waals surface area contributed by atoms with Crippen LogP contribution in [0.4, 0.5) is 0 Å². The van der Waals surface area contributed by atoms with Crippen LogP contribution in [0, 0.1) is 0 Å². The molecule has 1 heterocycles. The van der Waals surface area contributed by atoms with Crippen molar-refractivity contribution in [3.05, 3.63) is 11.1 Å². The second kappa shape index (κ2) is 1.95. The molecule has 5 N–H and O–H groups in total. The summed E-state index contributed by atoms with van der Waals surface area (Å²) >= 11 is 1.30. The predicted molar refractivity (Wildman–Crippen MR) is 34.6 cm³/mol. The van der Waals surface area contributed by atoms with Crippen molar-refractivity contribution >= 4 is 17.8 Å². The zero-order valence-corrected chi connectivity index (χ0v) is 4.90. The summed E-state index contributed by atoms with van der Waals surface area (Å²) in [6, 6.07) is 0. The highest BCUT2D eigenvalue weighted by Crippen LogP contribution is 2.02. The minimum Gasteiger partial charge on any atom is -0.395 e. The van der Waals surface area contributed by atoms with Gasteiger partial charge in [0.2, 0.25) is 0 Å². The second-order valence-electron chi connectivity index (χ2n) is 1.28. The molecule has 4 nitrogen and oxygen atoms in total. The molecule has 0 saturated heterocycles. The number of nitrogens with zero attached hydrogens (tertiary/aromatic N) is 1. The lowest BCUT2D eigenvalue weighted by Gasteiger charge is -2.04. The van der Waals surface area contributed by atoms with Gasteiger partial charge >= 0.3 is 0 Å². The van der Waals surface area contributed by atoms with Crippen LogP contribution in [0.3, 0.4) is 0 Å². The van der Waals surface area contributed by atoms with Gasteiger partial charge in [-0.25, -0.2) is 4.83 Å². The number of nitrogens with two attached hydrogens (primary N) is 2. The molecule has 1 aliphatic rings. The first-order chi connectivity index (χ1) is 3.80. The summed E-state index contributed by atoms with van der Waals surface area (Å²) in [6.07, 6.45) is 0. The van der Waals surface area contributed by atoms with Gasteiger partial charge in [0.15, 0.2) is 5.84 Å². The average molecular weight is 130 g/mol. The number of nitrogens with one attached hydrogen (secondary N) is 1. The molecule has 0 spiro atoms. The molecule has 0 fully saturated rings. The third-order valence-corrected chi connectivity index (χ3v) is 1.27. The Labute approximate surface area is 51.1 Å². The third-order valence-electron chi connectivity index (χ3n) is 0.700. The minimum absolute atomic E-state index is 0.351. The van der Waals surface area contributed by atoms with Gasteiger partial charge in [-0.3, -0.25) is 0 Å². The number of hydrazone groups is 1. The highest BCUT2D eigenvalue weighted by molar-refractivity contribution is 8.00. The first-order valence-electron chi connectivity index (χ1n) is 2.00. The van der Waals surface area contributed by atoms with Crippen molar-refractivity contribution in [1.29, 1.82) is 0 Å². The molecular formula is C3H6N4S. The molecule has 1 rings (SSSR count). The van der Waals surface area contributed by atoms with Crippen molar-refractivity contribution in [3.8, 4) is 0 Å². The standard InChI is InChI=1S/C3H6N4S/c4-2-1-8-7-6-3(2)5/h1,7H,4H2,(H2,5,6). The molecule has 44 valence electrons. The molecule has 0 saturated carbocycles. The Kier molecular flexibility index (Phi) is 1.29. The van der Waals surface area contributed by atoms with E-state index in [2.05, 4.69) is 9.93 Å². The van der Waals surface area contributed by atoms with Crippen molar-refractivity contribution in [2.75, 3.05) is 0 Å². The van der Waals surface area contributed by atoms with Gasteiger partial charge in [0.25, 0.3) is 0 Å². The van der Waals surface area contributed by atoms with E-state index in [4.69, 9.17) is 11.5 Å². The Morgan fingerprint density at radius 2 is 2.38 bits per heavy atom. The normalized spacial score (nSPS) is 18.5. The molecule has 8 heavy (non-hydrogen) atoms. The van der Waals surface area contributed by atoms with Gasteiger partial charge < -0.3 is 11.5 Å². The van der Waals surface area contributed by atoms with Crippen LogP contribution < -0.4 is 16.3 Å². The minimum atomic E-state index is 0.351. The SMILES string of the molecule is NC1=CSNN=C1N. The van der Waals surface area contributed by atoms with Crippen molar-refractivity contribution in [3.63, 3.8) is 0 Å². The topological polar surface area (TPSA) is 76.4 Å². The maximum absolute atomic E-state index is 5.32. The van der Waals surface area contributed by atoms with E-state index >= 15 is 0 Å². The van der Waals surface area contributed by atoms with Gasteiger partial charge in [0, 0.05) is 5.41 Å². The van der Waals surface area contributed by atoms with Crippen LogP contribution in [-0.2, 0) is 0 Å². The fourth-order valence-corrected chi connectivity index (χ4v) is 0.742. The summed E-state index contributed by atoms with van der Waals surface area (Å²) in [5, 5.41) is 5.32. The third kappa shape index (κ3) is 0.865. The first-order valence-corrected chi connectivity index (χ1v) is 2.88. The Hall–Kier alpha value is -0.840. The van der Waals surface area contributed by atoms with Crippen LogP contribution in [0.1, 0.15) is 0 Å². The lowest BCUT2D eigenvalue weighted by atomic mass is 10.5. The fourth-order valence-electron chi connectivity index (χ4n) is 0.290. The number of hydrogen-bond acceptors (Lipinski definition) is 5. The molecule has 5 heteroatoms. The highest BCUT2D eigenvalue weighted by Gasteiger charge is 1.99. The van der Waals surface area contributed by atoms with Crippen LogP contribution in [0.25, 0.3) is 0 Å². The molecule has 0 aromatic heterocycles. The van der Waals surface area contributed by atoms with Crippen LogP contribution in [-0.4, -0.2) is 5.84 Å².